The number of amides is 1. The van der Waals surface area contributed by atoms with Gasteiger partial charge >= 0.3 is 0 Å². The summed E-state index contributed by atoms with van der Waals surface area (Å²) in [6, 6.07) is 2.21. The lowest BCUT2D eigenvalue weighted by Crippen LogP contribution is -2.51. The first-order valence-electron chi connectivity index (χ1n) is 6.78. The van der Waals surface area contributed by atoms with Crippen LogP contribution in [0.25, 0.3) is 0 Å². The van der Waals surface area contributed by atoms with E-state index in [1.165, 1.54) is 5.56 Å². The Morgan fingerprint density at radius 1 is 1.60 bits per heavy atom. The molecule has 1 aromatic heterocycles. The van der Waals surface area contributed by atoms with Crippen LogP contribution in [-0.4, -0.2) is 43.2 Å². The monoisotopic (exact) mass is 318 g/mol. The van der Waals surface area contributed by atoms with Crippen molar-refractivity contribution in [2.75, 3.05) is 20.2 Å². The highest BCUT2D eigenvalue weighted by molar-refractivity contribution is 7.07. The molecule has 0 radical (unpaired) electrons. The molecule has 4 nitrogen and oxygen atoms in total. The van der Waals surface area contributed by atoms with E-state index in [0.29, 0.717) is 13.0 Å². The van der Waals surface area contributed by atoms with Gasteiger partial charge in [0.1, 0.15) is 0 Å². The number of hydrogen-bond acceptors (Lipinski definition) is 4. The average Bonchev–Trinajstić information content (AvgIpc) is 2.97. The number of nitrogens with two attached hydrogens (primary N) is 1. The maximum absolute atomic E-state index is 12.3. The van der Waals surface area contributed by atoms with E-state index in [2.05, 4.69) is 11.4 Å². The van der Waals surface area contributed by atoms with Gasteiger partial charge in [-0.15, -0.1) is 12.4 Å². The number of hydrogen-bond donors (Lipinski definition) is 1. The fraction of sp³-hybridized carbons (Fsp3) is 0.643. The van der Waals surface area contributed by atoms with Crippen molar-refractivity contribution >= 4 is 29.7 Å². The molecule has 0 bridgehead atoms. The second-order valence-electron chi connectivity index (χ2n) is 4.99. The summed E-state index contributed by atoms with van der Waals surface area (Å²) in [4.78, 5) is 14.2. The van der Waals surface area contributed by atoms with E-state index in [1.54, 1.807) is 18.4 Å². The molecule has 0 aromatic carbocycles. The minimum absolute atomic E-state index is 0. The van der Waals surface area contributed by atoms with E-state index < -0.39 is 0 Å². The molecule has 1 amide bonds. The van der Waals surface area contributed by atoms with Crippen molar-refractivity contribution in [2.24, 2.45) is 5.73 Å². The van der Waals surface area contributed by atoms with Crippen LogP contribution in [0.5, 0.6) is 0 Å². The van der Waals surface area contributed by atoms with Crippen molar-refractivity contribution in [2.45, 2.75) is 37.8 Å². The molecular weight excluding hydrogens is 296 g/mol. The van der Waals surface area contributed by atoms with Crippen molar-refractivity contribution in [3.05, 3.63) is 22.4 Å². The van der Waals surface area contributed by atoms with E-state index in [4.69, 9.17) is 10.5 Å². The van der Waals surface area contributed by atoms with Crippen LogP contribution in [-0.2, 0) is 16.0 Å². The van der Waals surface area contributed by atoms with Crippen molar-refractivity contribution < 1.29 is 9.53 Å². The summed E-state index contributed by atoms with van der Waals surface area (Å²) >= 11 is 1.67. The Labute approximate surface area is 130 Å². The zero-order chi connectivity index (χ0) is 13.7. The summed E-state index contributed by atoms with van der Waals surface area (Å²) < 4.78 is 5.38. The highest BCUT2D eigenvalue weighted by Crippen LogP contribution is 2.20. The highest BCUT2D eigenvalue weighted by Gasteiger charge is 2.30. The summed E-state index contributed by atoms with van der Waals surface area (Å²) in [6.07, 6.45) is 3.41. The van der Waals surface area contributed by atoms with Crippen molar-refractivity contribution in [3.63, 3.8) is 0 Å². The topological polar surface area (TPSA) is 55.6 Å². The fourth-order valence-corrected chi connectivity index (χ4v) is 3.31. The molecule has 1 saturated heterocycles. The number of halogens is 1. The average molecular weight is 319 g/mol. The van der Waals surface area contributed by atoms with Crippen molar-refractivity contribution in [1.82, 2.24) is 4.90 Å². The van der Waals surface area contributed by atoms with Crippen LogP contribution < -0.4 is 5.73 Å². The van der Waals surface area contributed by atoms with Gasteiger partial charge in [0.25, 0.3) is 0 Å². The number of piperidine rings is 1. The quantitative estimate of drug-likeness (QED) is 0.904. The molecule has 0 spiro atoms. The first-order chi connectivity index (χ1) is 9.24. The fourth-order valence-electron chi connectivity index (χ4n) is 2.61. The molecule has 1 aliphatic rings. The lowest BCUT2D eigenvalue weighted by Gasteiger charge is -2.38. The van der Waals surface area contributed by atoms with Crippen LogP contribution in [0.3, 0.4) is 0 Å². The standard InChI is InChI=1S/C14H22N2O2S.ClH/c1-18-13-4-6-16(12(8-13)9-15)14(17)3-2-11-5-7-19-10-11;/h5,7,10,12-13H,2-4,6,8-9,15H2,1H3;1H. The lowest BCUT2D eigenvalue weighted by molar-refractivity contribution is -0.136. The van der Waals surface area contributed by atoms with Gasteiger partial charge in [0.2, 0.25) is 5.91 Å². The highest BCUT2D eigenvalue weighted by atomic mass is 35.5. The third-order valence-electron chi connectivity index (χ3n) is 3.80. The Kier molecular flexibility index (Phi) is 7.51. The van der Waals surface area contributed by atoms with Gasteiger partial charge in [0.05, 0.1) is 6.10 Å². The van der Waals surface area contributed by atoms with Gasteiger partial charge in [0, 0.05) is 32.7 Å². The Balaban J connectivity index is 0.00000200. The van der Waals surface area contributed by atoms with Gasteiger partial charge in [-0.05, 0) is 41.7 Å². The zero-order valence-corrected chi connectivity index (χ0v) is 13.4. The van der Waals surface area contributed by atoms with E-state index in [9.17, 15) is 4.79 Å². The third kappa shape index (κ3) is 4.45. The van der Waals surface area contributed by atoms with Gasteiger partial charge in [-0.1, -0.05) is 0 Å². The van der Waals surface area contributed by atoms with Crippen LogP contribution >= 0.6 is 23.7 Å². The lowest BCUT2D eigenvalue weighted by atomic mass is 9.98. The van der Waals surface area contributed by atoms with E-state index in [1.807, 2.05) is 10.3 Å². The molecule has 20 heavy (non-hydrogen) atoms. The number of thiophene rings is 1. The molecule has 1 fully saturated rings. The predicted octanol–water partition coefficient (Wildman–Crippen LogP) is 2.07. The van der Waals surface area contributed by atoms with Gasteiger partial charge in [-0.3, -0.25) is 4.79 Å². The number of ether oxygens (including phenoxy) is 1. The van der Waals surface area contributed by atoms with E-state index >= 15 is 0 Å². The SMILES string of the molecule is COC1CCN(C(=O)CCc2ccsc2)C(CN)C1.Cl. The van der Waals surface area contributed by atoms with Crippen molar-refractivity contribution in [3.8, 4) is 0 Å². The maximum atomic E-state index is 12.3. The number of likely N-dealkylation sites (tertiary alicyclic amines) is 1. The number of rotatable bonds is 5. The Bertz CT molecular complexity index is 400. The van der Waals surface area contributed by atoms with Crippen molar-refractivity contribution in [1.29, 1.82) is 0 Å². The number of methoxy groups -OCH3 is 1. The minimum Gasteiger partial charge on any atom is -0.381 e. The molecule has 2 unspecified atom stereocenters. The minimum atomic E-state index is 0. The van der Waals surface area contributed by atoms with E-state index in [0.717, 1.165) is 25.8 Å². The molecule has 1 aliphatic heterocycles. The largest absolute Gasteiger partial charge is 0.381 e. The maximum Gasteiger partial charge on any atom is 0.223 e. The van der Waals surface area contributed by atoms with Gasteiger partial charge in [-0.25, -0.2) is 0 Å². The molecule has 2 rings (SSSR count). The summed E-state index contributed by atoms with van der Waals surface area (Å²) in [5.41, 5.74) is 7.04. The third-order valence-corrected chi connectivity index (χ3v) is 4.53. The normalized spacial score (nSPS) is 22.4. The van der Waals surface area contributed by atoms with Gasteiger partial charge < -0.3 is 15.4 Å². The molecular formula is C14H23ClN2O2S. The molecule has 114 valence electrons. The van der Waals surface area contributed by atoms with Gasteiger partial charge in [-0.2, -0.15) is 11.3 Å². The van der Waals surface area contributed by atoms with Crippen LogP contribution in [0.15, 0.2) is 16.8 Å². The summed E-state index contributed by atoms with van der Waals surface area (Å²) in [6.45, 7) is 1.28. The van der Waals surface area contributed by atoms with Crippen LogP contribution in [0.2, 0.25) is 0 Å². The molecule has 2 heterocycles. The Hall–Kier alpha value is -0.620. The molecule has 0 saturated carbocycles. The van der Waals surface area contributed by atoms with Crippen LogP contribution in [0, 0.1) is 0 Å². The summed E-state index contributed by atoms with van der Waals surface area (Å²) in [5, 5.41) is 4.15. The number of aryl methyl sites for hydroxylation is 1. The predicted molar refractivity (Wildman–Crippen MR) is 84.5 cm³/mol. The zero-order valence-electron chi connectivity index (χ0n) is 11.8. The van der Waals surface area contributed by atoms with Crippen LogP contribution in [0.1, 0.15) is 24.8 Å². The van der Waals surface area contributed by atoms with Crippen LogP contribution in [0.4, 0.5) is 0 Å². The molecule has 1 aromatic rings. The molecule has 6 heteroatoms. The first-order valence-corrected chi connectivity index (χ1v) is 7.72. The summed E-state index contributed by atoms with van der Waals surface area (Å²) in [5.74, 6) is 0.219. The second kappa shape index (κ2) is 8.62. The smallest absolute Gasteiger partial charge is 0.223 e. The molecule has 2 N–H and O–H groups in total. The number of nitrogens with zero attached hydrogens (tertiary/aromatic N) is 1. The van der Waals surface area contributed by atoms with Gasteiger partial charge in [0.15, 0.2) is 0 Å². The number of carbonyl (C=O) groups excluding carboxylic acids is 1. The molecule has 0 aliphatic carbocycles. The molecule has 2 atom stereocenters. The second-order valence-corrected chi connectivity index (χ2v) is 5.77. The Morgan fingerprint density at radius 2 is 2.40 bits per heavy atom. The van der Waals surface area contributed by atoms with E-state index in [-0.39, 0.29) is 30.5 Å². The summed E-state index contributed by atoms with van der Waals surface area (Å²) in [7, 11) is 1.73. The Morgan fingerprint density at radius 3 is 3.00 bits per heavy atom. The number of carbonyl (C=O) groups is 1. The first kappa shape index (κ1) is 17.4.